The van der Waals surface area contributed by atoms with Crippen molar-refractivity contribution in [1.29, 1.82) is 0 Å². The van der Waals surface area contributed by atoms with Crippen LogP contribution in [0.3, 0.4) is 0 Å². The Bertz CT molecular complexity index is 568. The molecule has 0 spiro atoms. The number of nitrogens with zero attached hydrogens (tertiary/aromatic N) is 4. The minimum atomic E-state index is 0.221. The topological polar surface area (TPSA) is 60.0 Å². The highest BCUT2D eigenvalue weighted by Crippen LogP contribution is 2.38. The van der Waals surface area contributed by atoms with Gasteiger partial charge in [-0.25, -0.2) is 9.97 Å². The molecule has 0 amide bonds. The van der Waals surface area contributed by atoms with Gasteiger partial charge in [-0.3, -0.25) is 4.57 Å². The Morgan fingerprint density at radius 2 is 2.22 bits per heavy atom. The van der Waals surface area contributed by atoms with Crippen LogP contribution in [0.1, 0.15) is 19.3 Å². The summed E-state index contributed by atoms with van der Waals surface area (Å²) in [7, 11) is 4.28. The molecule has 0 aromatic carbocycles. The molecule has 2 aromatic rings. The van der Waals surface area contributed by atoms with E-state index in [4.69, 9.17) is 5.73 Å². The maximum absolute atomic E-state index is 6.03. The van der Waals surface area contributed by atoms with Crippen LogP contribution in [0.15, 0.2) is 18.3 Å². The number of nitrogen functional groups attached to an aromatic ring is 1. The predicted molar refractivity (Wildman–Crippen MR) is 72.2 cm³/mol. The molecule has 3 rings (SSSR count). The molecular formula is C13H19N5. The molecule has 1 saturated carbocycles. The number of hydrogen-bond acceptors (Lipinski definition) is 4. The fraction of sp³-hybridized carbons (Fsp3) is 0.538. The number of rotatable bonds is 3. The number of pyridine rings is 1. The van der Waals surface area contributed by atoms with Crippen LogP contribution in [-0.4, -0.2) is 39.1 Å². The molecule has 1 fully saturated rings. The summed E-state index contributed by atoms with van der Waals surface area (Å²) >= 11 is 0. The lowest BCUT2D eigenvalue weighted by molar-refractivity contribution is 0.0439. The first-order valence-electron chi connectivity index (χ1n) is 6.37. The molecule has 18 heavy (non-hydrogen) atoms. The third-order valence-electron chi connectivity index (χ3n) is 4.22. The molecule has 1 aliphatic carbocycles. The molecule has 96 valence electrons. The van der Waals surface area contributed by atoms with E-state index in [1.807, 2.05) is 12.1 Å². The van der Waals surface area contributed by atoms with Crippen LogP contribution >= 0.6 is 0 Å². The molecule has 1 aliphatic rings. The minimum absolute atomic E-state index is 0.221. The summed E-state index contributed by atoms with van der Waals surface area (Å²) in [5.41, 5.74) is 8.02. The Kier molecular flexibility index (Phi) is 2.52. The first kappa shape index (κ1) is 11.5. The Labute approximate surface area is 107 Å². The molecule has 2 N–H and O–H groups in total. The normalized spacial score (nSPS) is 18.2. The average molecular weight is 245 g/mol. The summed E-state index contributed by atoms with van der Waals surface area (Å²) in [5.74, 6) is 0.567. The molecule has 0 bridgehead atoms. The first-order valence-corrected chi connectivity index (χ1v) is 6.37. The smallest absolute Gasteiger partial charge is 0.202 e. The predicted octanol–water partition coefficient (Wildman–Crippen LogP) is 1.50. The molecule has 0 radical (unpaired) electrons. The SMILES string of the molecule is CN(C)C1(Cn2c(N)nc3cccnc32)CCC1. The van der Waals surface area contributed by atoms with Gasteiger partial charge in [-0.05, 0) is 45.5 Å². The van der Waals surface area contributed by atoms with E-state index in [0.717, 1.165) is 17.7 Å². The maximum atomic E-state index is 6.03. The zero-order valence-corrected chi connectivity index (χ0v) is 10.9. The van der Waals surface area contributed by atoms with Gasteiger partial charge in [0.25, 0.3) is 0 Å². The molecule has 0 atom stereocenters. The highest BCUT2D eigenvalue weighted by molar-refractivity contribution is 5.73. The van der Waals surface area contributed by atoms with Crippen molar-refractivity contribution in [2.45, 2.75) is 31.3 Å². The van der Waals surface area contributed by atoms with Crippen molar-refractivity contribution in [3.8, 4) is 0 Å². The monoisotopic (exact) mass is 245 g/mol. The van der Waals surface area contributed by atoms with Crippen molar-refractivity contribution < 1.29 is 0 Å². The zero-order chi connectivity index (χ0) is 12.8. The van der Waals surface area contributed by atoms with Crippen LogP contribution in [-0.2, 0) is 6.54 Å². The van der Waals surface area contributed by atoms with E-state index < -0.39 is 0 Å². The number of likely N-dealkylation sites (N-methyl/N-ethyl adjacent to an activating group) is 1. The molecule has 2 heterocycles. The van der Waals surface area contributed by atoms with Crippen LogP contribution in [0.4, 0.5) is 5.95 Å². The second-order valence-electron chi connectivity index (χ2n) is 5.37. The van der Waals surface area contributed by atoms with Crippen molar-refractivity contribution in [1.82, 2.24) is 19.4 Å². The van der Waals surface area contributed by atoms with Crippen molar-refractivity contribution in [2.24, 2.45) is 0 Å². The van der Waals surface area contributed by atoms with Gasteiger partial charge >= 0.3 is 0 Å². The summed E-state index contributed by atoms with van der Waals surface area (Å²) in [6.07, 6.45) is 5.51. The van der Waals surface area contributed by atoms with E-state index in [0.29, 0.717) is 5.95 Å². The van der Waals surface area contributed by atoms with Crippen molar-refractivity contribution in [3.05, 3.63) is 18.3 Å². The van der Waals surface area contributed by atoms with Gasteiger partial charge in [0.1, 0.15) is 5.52 Å². The lowest BCUT2D eigenvalue weighted by Gasteiger charge is -2.47. The van der Waals surface area contributed by atoms with Crippen molar-refractivity contribution in [2.75, 3.05) is 19.8 Å². The highest BCUT2D eigenvalue weighted by Gasteiger charge is 2.40. The Morgan fingerprint density at radius 3 is 2.83 bits per heavy atom. The lowest BCUT2D eigenvalue weighted by Crippen LogP contribution is -2.53. The lowest BCUT2D eigenvalue weighted by atomic mass is 9.75. The summed E-state index contributed by atoms with van der Waals surface area (Å²) in [4.78, 5) is 11.1. The molecular weight excluding hydrogens is 226 g/mol. The molecule has 0 unspecified atom stereocenters. The van der Waals surface area contributed by atoms with Gasteiger partial charge in [-0.2, -0.15) is 0 Å². The Hall–Kier alpha value is -1.62. The molecule has 2 aromatic heterocycles. The number of aromatic nitrogens is 3. The summed E-state index contributed by atoms with van der Waals surface area (Å²) in [5, 5.41) is 0. The zero-order valence-electron chi connectivity index (χ0n) is 10.9. The second-order valence-corrected chi connectivity index (χ2v) is 5.37. The molecule has 5 heteroatoms. The Morgan fingerprint density at radius 1 is 1.44 bits per heavy atom. The van der Waals surface area contributed by atoms with Crippen LogP contribution in [0.2, 0.25) is 0 Å². The van der Waals surface area contributed by atoms with Gasteiger partial charge in [0, 0.05) is 18.3 Å². The minimum Gasteiger partial charge on any atom is -0.369 e. The second kappa shape index (κ2) is 3.95. The average Bonchev–Trinajstić information content (AvgIpc) is 2.59. The van der Waals surface area contributed by atoms with Gasteiger partial charge in [-0.15, -0.1) is 0 Å². The van der Waals surface area contributed by atoms with Gasteiger partial charge < -0.3 is 10.6 Å². The number of fused-ring (bicyclic) bond motifs is 1. The third-order valence-corrected chi connectivity index (χ3v) is 4.22. The van der Waals surface area contributed by atoms with Crippen molar-refractivity contribution in [3.63, 3.8) is 0 Å². The van der Waals surface area contributed by atoms with E-state index in [2.05, 4.69) is 33.5 Å². The first-order chi connectivity index (χ1) is 8.62. The van der Waals surface area contributed by atoms with Crippen LogP contribution in [0.25, 0.3) is 11.2 Å². The van der Waals surface area contributed by atoms with Gasteiger partial charge in [0.2, 0.25) is 5.95 Å². The largest absolute Gasteiger partial charge is 0.369 e. The van der Waals surface area contributed by atoms with E-state index in [9.17, 15) is 0 Å². The van der Waals surface area contributed by atoms with E-state index in [1.54, 1.807) is 6.20 Å². The fourth-order valence-electron chi connectivity index (χ4n) is 2.76. The summed E-state index contributed by atoms with van der Waals surface area (Å²) < 4.78 is 2.05. The number of nitrogens with two attached hydrogens (primary N) is 1. The standard InChI is InChI=1S/C13H19N5/c1-17(2)13(6-4-7-13)9-18-11-10(16-12(18)14)5-3-8-15-11/h3,5,8H,4,6-7,9H2,1-2H3,(H2,14,16). The molecule has 0 aliphatic heterocycles. The molecule has 5 nitrogen and oxygen atoms in total. The van der Waals surface area contributed by atoms with Crippen LogP contribution in [0, 0.1) is 0 Å². The van der Waals surface area contributed by atoms with Crippen molar-refractivity contribution >= 4 is 17.1 Å². The quantitative estimate of drug-likeness (QED) is 0.890. The summed E-state index contributed by atoms with van der Waals surface area (Å²) in [6.45, 7) is 0.874. The third kappa shape index (κ3) is 1.58. The van der Waals surface area contributed by atoms with Crippen LogP contribution in [0.5, 0.6) is 0 Å². The summed E-state index contributed by atoms with van der Waals surface area (Å²) in [6, 6.07) is 3.85. The number of anilines is 1. The number of hydrogen-bond donors (Lipinski definition) is 1. The van der Waals surface area contributed by atoms with Crippen LogP contribution < -0.4 is 5.73 Å². The maximum Gasteiger partial charge on any atom is 0.202 e. The Balaban J connectivity index is 2.02. The van der Waals surface area contributed by atoms with Gasteiger partial charge in [0.05, 0.1) is 0 Å². The highest BCUT2D eigenvalue weighted by atomic mass is 15.2. The van der Waals surface area contributed by atoms with Gasteiger partial charge in [-0.1, -0.05) is 0 Å². The molecule has 0 saturated heterocycles. The van der Waals surface area contributed by atoms with E-state index >= 15 is 0 Å². The fourth-order valence-corrected chi connectivity index (χ4v) is 2.76. The van der Waals surface area contributed by atoms with E-state index in [1.165, 1.54) is 19.3 Å². The van der Waals surface area contributed by atoms with Gasteiger partial charge in [0.15, 0.2) is 5.65 Å². The van der Waals surface area contributed by atoms with E-state index in [-0.39, 0.29) is 5.54 Å². The number of imidazole rings is 1.